The Morgan fingerprint density at radius 2 is 2.83 bits per heavy atom. The van der Waals surface area contributed by atoms with Crippen molar-refractivity contribution in [2.24, 2.45) is 0 Å². The van der Waals surface area contributed by atoms with Gasteiger partial charge in [0.1, 0.15) is 0 Å². The summed E-state index contributed by atoms with van der Waals surface area (Å²) in [6.45, 7) is 0.876. The molecule has 0 aromatic rings. The van der Waals surface area contributed by atoms with Crippen LogP contribution in [0.2, 0.25) is 0 Å². The van der Waals surface area contributed by atoms with E-state index >= 15 is 0 Å². The van der Waals surface area contributed by atoms with Gasteiger partial charge in [0.25, 0.3) is 0 Å². The minimum absolute atomic E-state index is 0.876. The molecule has 1 heterocycles. The van der Waals surface area contributed by atoms with Gasteiger partial charge in [-0.05, 0) is 5.41 Å². The van der Waals surface area contributed by atoms with Crippen LogP contribution in [0, 0.1) is 6.42 Å². The maximum atomic E-state index is 3.00. The van der Waals surface area contributed by atoms with Crippen molar-refractivity contribution in [3.63, 3.8) is 0 Å². The summed E-state index contributed by atoms with van der Waals surface area (Å²) in [5, 5.41) is 1.96. The van der Waals surface area contributed by atoms with Gasteiger partial charge in [0.2, 0.25) is 0 Å². The summed E-state index contributed by atoms with van der Waals surface area (Å²) in [5.41, 5.74) is 0. The summed E-state index contributed by atoms with van der Waals surface area (Å²) in [7, 11) is 0. The highest BCUT2D eigenvalue weighted by Crippen LogP contribution is 2.00. The Labute approximate surface area is 41.9 Å². The highest BCUT2D eigenvalue weighted by molar-refractivity contribution is 8.00. The van der Waals surface area contributed by atoms with Crippen LogP contribution in [0.3, 0.4) is 0 Å². The average molecular weight is 99.2 g/mol. The molecule has 1 rings (SSSR count). The molecule has 0 saturated carbocycles. The van der Waals surface area contributed by atoms with Gasteiger partial charge in [-0.3, -0.25) is 4.72 Å². The fraction of sp³-hybridized carbons (Fsp3) is 0.250. The summed E-state index contributed by atoms with van der Waals surface area (Å²) in [6.07, 6.45) is 4.89. The van der Waals surface area contributed by atoms with Gasteiger partial charge in [0.15, 0.2) is 0 Å². The lowest BCUT2D eigenvalue weighted by molar-refractivity contribution is 1.07. The average Bonchev–Trinajstić information content (AvgIpc) is 1.72. The number of hydrogen-bond acceptors (Lipinski definition) is 2. The quantitative estimate of drug-likeness (QED) is 0.451. The molecule has 0 amide bonds. The smallest absolute Gasteiger partial charge is 0.0250 e. The molecule has 0 saturated heterocycles. The molecule has 0 aromatic carbocycles. The molecule has 0 fully saturated rings. The second kappa shape index (κ2) is 2.26. The summed E-state index contributed by atoms with van der Waals surface area (Å²) >= 11 is 1.60. The first-order valence-electron chi connectivity index (χ1n) is 1.77. The molecule has 1 aliphatic heterocycles. The van der Waals surface area contributed by atoms with Gasteiger partial charge in [0, 0.05) is 13.0 Å². The molecule has 1 nitrogen and oxygen atoms in total. The number of hydrogen-bond donors (Lipinski definition) is 1. The molecule has 0 bridgehead atoms. The van der Waals surface area contributed by atoms with E-state index in [1.54, 1.807) is 11.9 Å². The molecule has 0 unspecified atom stereocenters. The summed E-state index contributed by atoms with van der Waals surface area (Å²) in [4.78, 5) is 0. The number of rotatable bonds is 0. The minimum atomic E-state index is 0.876. The van der Waals surface area contributed by atoms with E-state index in [0.29, 0.717) is 0 Å². The Morgan fingerprint density at radius 1 is 1.83 bits per heavy atom. The van der Waals surface area contributed by atoms with E-state index in [0.717, 1.165) is 6.54 Å². The van der Waals surface area contributed by atoms with Crippen molar-refractivity contribution in [3.8, 4) is 0 Å². The van der Waals surface area contributed by atoms with E-state index in [1.807, 2.05) is 11.5 Å². The second-order valence-electron chi connectivity index (χ2n) is 0.946. The van der Waals surface area contributed by atoms with Crippen LogP contribution >= 0.6 is 11.9 Å². The zero-order valence-corrected chi connectivity index (χ0v) is 4.09. The Morgan fingerprint density at radius 3 is 3.00 bits per heavy atom. The van der Waals surface area contributed by atoms with Crippen LogP contribution in [-0.4, -0.2) is 6.54 Å². The fourth-order valence-electron chi connectivity index (χ4n) is 0.273. The molecule has 0 aliphatic carbocycles. The van der Waals surface area contributed by atoms with Gasteiger partial charge in [-0.1, -0.05) is 18.0 Å². The molecule has 0 spiro atoms. The van der Waals surface area contributed by atoms with Crippen molar-refractivity contribution < 1.29 is 0 Å². The van der Waals surface area contributed by atoms with E-state index in [2.05, 4.69) is 11.1 Å². The summed E-state index contributed by atoms with van der Waals surface area (Å²) in [5.74, 6) is 0. The fourth-order valence-corrected chi connectivity index (χ4v) is 0.700. The van der Waals surface area contributed by atoms with Crippen molar-refractivity contribution >= 4 is 11.9 Å². The largest absolute Gasteiger partial charge is 0.259 e. The lowest BCUT2D eigenvalue weighted by Gasteiger charge is -1.99. The van der Waals surface area contributed by atoms with Crippen LogP contribution < -0.4 is 4.72 Å². The molecule has 2 heteroatoms. The molecule has 6 heavy (non-hydrogen) atoms. The third kappa shape index (κ3) is 1.03. The first-order valence-corrected chi connectivity index (χ1v) is 2.65. The van der Waals surface area contributed by atoms with Crippen LogP contribution in [0.15, 0.2) is 11.5 Å². The summed E-state index contributed by atoms with van der Waals surface area (Å²) in [6, 6.07) is 0. The van der Waals surface area contributed by atoms with Gasteiger partial charge < -0.3 is 0 Å². The van der Waals surface area contributed by atoms with E-state index in [9.17, 15) is 0 Å². The highest BCUT2D eigenvalue weighted by Gasteiger charge is 1.86. The standard InChI is InChI=1S/C4H5NS/c1-2-4-6-5-3-1/h2,4-5H,3H2. The van der Waals surface area contributed by atoms with Crippen molar-refractivity contribution in [1.82, 2.24) is 4.72 Å². The Balaban J connectivity index is 2.26. The lowest BCUT2D eigenvalue weighted by Crippen LogP contribution is -2.05. The zero-order valence-electron chi connectivity index (χ0n) is 3.27. The van der Waals surface area contributed by atoms with Crippen LogP contribution in [0.4, 0.5) is 0 Å². The predicted molar refractivity (Wildman–Crippen MR) is 28.0 cm³/mol. The van der Waals surface area contributed by atoms with E-state index in [1.165, 1.54) is 0 Å². The normalized spacial score (nSPS) is 21.3. The molecule has 2 radical (unpaired) electrons. The maximum Gasteiger partial charge on any atom is 0.0250 e. The molecule has 0 atom stereocenters. The SMILES string of the molecule is [C]1C=CSNC1. The first-order chi connectivity index (χ1) is 3.00. The van der Waals surface area contributed by atoms with Crippen LogP contribution in [0.5, 0.6) is 0 Å². The van der Waals surface area contributed by atoms with Crippen LogP contribution in [0.1, 0.15) is 0 Å². The highest BCUT2D eigenvalue weighted by atomic mass is 32.2. The molecule has 32 valence electrons. The number of nitrogens with one attached hydrogen (secondary N) is 1. The zero-order chi connectivity index (χ0) is 4.24. The topological polar surface area (TPSA) is 12.0 Å². The van der Waals surface area contributed by atoms with Gasteiger partial charge in [-0.15, -0.1) is 0 Å². The van der Waals surface area contributed by atoms with Crippen molar-refractivity contribution in [3.05, 3.63) is 17.9 Å². The van der Waals surface area contributed by atoms with Gasteiger partial charge in [-0.2, -0.15) is 0 Å². The minimum Gasteiger partial charge on any atom is -0.259 e. The van der Waals surface area contributed by atoms with Crippen molar-refractivity contribution in [1.29, 1.82) is 0 Å². The van der Waals surface area contributed by atoms with E-state index < -0.39 is 0 Å². The first kappa shape index (κ1) is 4.22. The van der Waals surface area contributed by atoms with Crippen LogP contribution in [0.25, 0.3) is 0 Å². The third-order valence-electron chi connectivity index (χ3n) is 0.511. The molecule has 0 aromatic heterocycles. The summed E-state index contributed by atoms with van der Waals surface area (Å²) < 4.78 is 3.00. The van der Waals surface area contributed by atoms with Gasteiger partial charge >= 0.3 is 0 Å². The Bertz CT molecular complexity index is 52.6. The van der Waals surface area contributed by atoms with E-state index in [4.69, 9.17) is 0 Å². The lowest BCUT2D eigenvalue weighted by atomic mass is 10.4. The monoisotopic (exact) mass is 99.0 g/mol. The Kier molecular flexibility index (Phi) is 1.59. The van der Waals surface area contributed by atoms with Crippen molar-refractivity contribution in [2.45, 2.75) is 0 Å². The maximum absolute atomic E-state index is 3.00. The predicted octanol–water partition coefficient (Wildman–Crippen LogP) is 0.833. The van der Waals surface area contributed by atoms with Gasteiger partial charge in [0.05, 0.1) is 0 Å². The van der Waals surface area contributed by atoms with Crippen molar-refractivity contribution in [2.75, 3.05) is 6.54 Å². The Hall–Kier alpha value is 0.0500. The third-order valence-corrected chi connectivity index (χ3v) is 1.09. The molecule has 1 N–H and O–H groups in total. The molecule has 1 aliphatic rings. The molecular formula is C4H5NS. The van der Waals surface area contributed by atoms with Gasteiger partial charge in [-0.25, -0.2) is 0 Å². The van der Waals surface area contributed by atoms with E-state index in [-0.39, 0.29) is 0 Å². The molecular weight excluding hydrogens is 94.1 g/mol. The second-order valence-corrected chi connectivity index (χ2v) is 1.74. The van der Waals surface area contributed by atoms with Crippen LogP contribution in [-0.2, 0) is 0 Å².